The van der Waals surface area contributed by atoms with Gasteiger partial charge in [-0.05, 0) is 86.3 Å². The van der Waals surface area contributed by atoms with E-state index in [1.54, 1.807) is 42.7 Å². The molecule has 11 heteroatoms. The summed E-state index contributed by atoms with van der Waals surface area (Å²) in [5, 5.41) is 12.4. The van der Waals surface area contributed by atoms with Crippen LogP contribution in [0, 0.1) is 0 Å². The first kappa shape index (κ1) is 27.7. The van der Waals surface area contributed by atoms with Gasteiger partial charge in [-0.3, -0.25) is 14.8 Å². The molecule has 10 nitrogen and oxygen atoms in total. The van der Waals surface area contributed by atoms with Crippen LogP contribution in [0.5, 0.6) is 17.2 Å². The molecule has 0 spiro atoms. The van der Waals surface area contributed by atoms with Crippen LogP contribution < -0.4 is 25.0 Å². The van der Waals surface area contributed by atoms with Crippen molar-refractivity contribution in [3.63, 3.8) is 0 Å². The van der Waals surface area contributed by atoms with Gasteiger partial charge >= 0.3 is 0 Å². The Balaban J connectivity index is 1.78. The Bertz CT molecular complexity index is 1580. The number of rotatable bonds is 10. The summed E-state index contributed by atoms with van der Waals surface area (Å²) in [6, 6.07) is 15.6. The van der Waals surface area contributed by atoms with Crippen LogP contribution in [0.15, 0.2) is 84.0 Å². The van der Waals surface area contributed by atoms with Gasteiger partial charge in [0.1, 0.15) is 11.8 Å². The van der Waals surface area contributed by atoms with Gasteiger partial charge in [0.05, 0.1) is 23.3 Å². The zero-order chi connectivity index (χ0) is 28.2. The Labute approximate surface area is 227 Å². The zero-order valence-electron chi connectivity index (χ0n) is 21.7. The van der Waals surface area contributed by atoms with Crippen molar-refractivity contribution in [1.29, 1.82) is 0 Å². The topological polar surface area (TPSA) is 144 Å². The Morgan fingerprint density at radius 2 is 1.77 bits per heavy atom. The van der Waals surface area contributed by atoms with Crippen molar-refractivity contribution < 1.29 is 27.8 Å². The number of pyridine rings is 1. The number of nitrogens with zero attached hydrogens (tertiary/aromatic N) is 2. The van der Waals surface area contributed by atoms with E-state index in [4.69, 9.17) is 15.3 Å². The largest absolute Gasteiger partial charge is 0.508 e. The van der Waals surface area contributed by atoms with Crippen LogP contribution >= 0.6 is 0 Å². The third kappa shape index (κ3) is 6.39. The normalized spacial score (nSPS) is 12.2. The number of ether oxygens (including phenoxy) is 2. The van der Waals surface area contributed by atoms with E-state index >= 15 is 0 Å². The fourth-order valence-corrected chi connectivity index (χ4v) is 4.99. The second-order valence-electron chi connectivity index (χ2n) is 8.99. The first-order valence-corrected chi connectivity index (χ1v) is 13.7. The Morgan fingerprint density at radius 1 is 1.03 bits per heavy atom. The van der Waals surface area contributed by atoms with E-state index in [-0.39, 0.29) is 16.7 Å². The number of amides is 1. The van der Waals surface area contributed by atoms with Crippen LogP contribution in [0.25, 0.3) is 10.8 Å². The van der Waals surface area contributed by atoms with E-state index in [1.165, 1.54) is 29.3 Å². The lowest BCUT2D eigenvalue weighted by Gasteiger charge is -2.29. The second kappa shape index (κ2) is 11.6. The Hall–Kier alpha value is -4.35. The molecule has 1 heterocycles. The van der Waals surface area contributed by atoms with Gasteiger partial charge in [0.25, 0.3) is 15.9 Å². The van der Waals surface area contributed by atoms with Gasteiger partial charge in [0.2, 0.25) is 0 Å². The lowest BCUT2D eigenvalue weighted by molar-refractivity contribution is -0.120. The summed E-state index contributed by atoms with van der Waals surface area (Å²) in [5.41, 5.74) is 0.849. The van der Waals surface area contributed by atoms with E-state index < -0.39 is 22.0 Å². The van der Waals surface area contributed by atoms with Crippen molar-refractivity contribution in [2.75, 3.05) is 11.6 Å². The van der Waals surface area contributed by atoms with Crippen LogP contribution in [0.4, 0.5) is 5.69 Å². The highest BCUT2D eigenvalue weighted by Gasteiger charge is 2.31. The number of anilines is 1. The summed E-state index contributed by atoms with van der Waals surface area (Å²) < 4.78 is 39.8. The summed E-state index contributed by atoms with van der Waals surface area (Å²) in [6.45, 7) is 5.92. The Kier molecular flexibility index (Phi) is 8.22. The average Bonchev–Trinajstić information content (AvgIpc) is 2.89. The highest BCUT2D eigenvalue weighted by molar-refractivity contribution is 7.90. The fourth-order valence-electron chi connectivity index (χ4n) is 4.01. The van der Waals surface area contributed by atoms with Crippen molar-refractivity contribution in [3.05, 3.63) is 84.7 Å². The van der Waals surface area contributed by atoms with Crippen molar-refractivity contribution in [3.8, 4) is 17.2 Å². The highest BCUT2D eigenvalue weighted by Crippen LogP contribution is 2.35. The predicted octanol–water partition coefficient (Wildman–Crippen LogP) is 4.05. The summed E-state index contributed by atoms with van der Waals surface area (Å²) >= 11 is 0. The monoisotopic (exact) mass is 550 g/mol. The smallest absolute Gasteiger partial charge is 0.264 e. The van der Waals surface area contributed by atoms with E-state index in [0.29, 0.717) is 29.4 Å². The zero-order valence-corrected chi connectivity index (χ0v) is 22.6. The molecule has 0 aliphatic heterocycles. The number of carbonyl (C=O) groups is 1. The molecule has 1 unspecified atom stereocenters. The molecule has 4 aromatic rings. The van der Waals surface area contributed by atoms with E-state index in [9.17, 15) is 18.3 Å². The van der Waals surface area contributed by atoms with Crippen molar-refractivity contribution in [2.45, 2.75) is 37.8 Å². The van der Waals surface area contributed by atoms with Crippen LogP contribution in [0.3, 0.4) is 0 Å². The van der Waals surface area contributed by atoms with Gasteiger partial charge in [-0.15, -0.1) is 0 Å². The van der Waals surface area contributed by atoms with E-state index in [0.717, 1.165) is 10.8 Å². The molecule has 0 saturated heterocycles. The number of fused-ring (bicyclic) bond motifs is 1. The molecular weight excluding hydrogens is 520 g/mol. The number of aromatic nitrogens is 1. The van der Waals surface area contributed by atoms with E-state index in [1.807, 2.05) is 32.9 Å². The maximum atomic E-state index is 13.7. The minimum absolute atomic E-state index is 0.107. The van der Waals surface area contributed by atoms with Crippen molar-refractivity contribution in [1.82, 2.24) is 9.71 Å². The average molecular weight is 551 g/mol. The van der Waals surface area contributed by atoms with Gasteiger partial charge < -0.3 is 14.6 Å². The first-order valence-electron chi connectivity index (χ1n) is 12.3. The molecule has 0 aliphatic rings. The number of aromatic hydroxyl groups is 1. The number of benzene rings is 3. The lowest BCUT2D eigenvalue weighted by Crippen LogP contribution is -2.46. The Morgan fingerprint density at radius 3 is 2.46 bits per heavy atom. The predicted molar refractivity (Wildman–Crippen MR) is 148 cm³/mol. The molecule has 1 atom stereocenters. The number of hydrazine groups is 1. The molecule has 1 aromatic heterocycles. The second-order valence-corrected chi connectivity index (χ2v) is 10.7. The van der Waals surface area contributed by atoms with Crippen LogP contribution in [-0.4, -0.2) is 37.1 Å². The molecule has 0 saturated carbocycles. The summed E-state index contributed by atoms with van der Waals surface area (Å²) in [7, 11) is -4.28. The van der Waals surface area contributed by atoms with Gasteiger partial charge in [-0.25, -0.2) is 19.0 Å². The molecule has 39 heavy (non-hydrogen) atoms. The molecule has 0 bridgehead atoms. The highest BCUT2D eigenvalue weighted by atomic mass is 32.2. The molecule has 0 fully saturated rings. The number of sulfonamides is 1. The minimum atomic E-state index is -4.28. The third-order valence-electron chi connectivity index (χ3n) is 5.78. The first-order chi connectivity index (χ1) is 18.6. The van der Waals surface area contributed by atoms with Gasteiger partial charge in [0, 0.05) is 17.8 Å². The number of hydrogen-bond acceptors (Lipinski definition) is 9. The maximum absolute atomic E-state index is 13.7. The van der Waals surface area contributed by atoms with Crippen molar-refractivity contribution in [2.24, 2.45) is 5.84 Å². The minimum Gasteiger partial charge on any atom is -0.508 e. The third-order valence-corrected chi connectivity index (χ3v) is 7.14. The molecule has 4 N–H and O–H groups in total. The number of hydrogen-bond donors (Lipinski definition) is 3. The molecule has 0 radical (unpaired) electrons. The molecule has 1 amide bonds. The number of phenols is 1. The van der Waals surface area contributed by atoms with Crippen LogP contribution in [0.1, 0.15) is 32.4 Å². The van der Waals surface area contributed by atoms with E-state index in [2.05, 4.69) is 9.71 Å². The van der Waals surface area contributed by atoms with Gasteiger partial charge in [0.15, 0.2) is 11.5 Å². The fraction of sp³-hybridized carbons (Fsp3) is 0.214. The molecule has 3 aromatic carbocycles. The van der Waals surface area contributed by atoms with Crippen molar-refractivity contribution >= 4 is 32.4 Å². The van der Waals surface area contributed by atoms with Crippen LogP contribution in [0.2, 0.25) is 0 Å². The number of phenolic OH excluding ortho intramolecular Hbond substituents is 1. The quantitative estimate of drug-likeness (QED) is 0.197. The number of nitrogens with two attached hydrogens (primary N) is 1. The SMILES string of the molecule is CCOc1cc(C(C(=O)NS(=O)(=O)c2ccc(O)cc2)N(N)c2ccc3cnccc3c2)ccc1OC(C)C. The summed E-state index contributed by atoms with van der Waals surface area (Å²) in [6.07, 6.45) is 3.22. The molecule has 204 valence electrons. The standard InChI is InChI=1S/C28H30N4O6S/c1-4-37-26-16-20(6-12-25(26)38-18(2)3)27(28(34)31-39(35,36)24-10-8-23(33)9-11-24)32(29)22-7-5-21-17-30-14-13-19(21)15-22/h5-18,27,33H,4,29H2,1-3H3,(H,31,34). The maximum Gasteiger partial charge on any atom is 0.264 e. The van der Waals surface area contributed by atoms with Gasteiger partial charge in [-0.2, -0.15) is 0 Å². The summed E-state index contributed by atoms with van der Waals surface area (Å²) in [4.78, 5) is 17.6. The number of nitrogens with one attached hydrogen (secondary N) is 1. The molecular formula is C28H30N4O6S. The number of carbonyl (C=O) groups excluding carboxylic acids is 1. The molecule has 0 aliphatic carbocycles. The van der Waals surface area contributed by atoms with Gasteiger partial charge in [-0.1, -0.05) is 12.1 Å². The van der Waals surface area contributed by atoms with Crippen LogP contribution in [-0.2, 0) is 14.8 Å². The lowest BCUT2D eigenvalue weighted by atomic mass is 10.0. The molecule has 4 rings (SSSR count). The summed E-state index contributed by atoms with van der Waals surface area (Å²) in [5.74, 6) is 6.41.